The molecule has 0 bridgehead atoms. The van der Waals surface area contributed by atoms with Gasteiger partial charge in [-0.2, -0.15) is 0 Å². The Kier molecular flexibility index (Phi) is 9.89. The zero-order chi connectivity index (χ0) is 24.9. The van der Waals surface area contributed by atoms with Crippen LogP contribution < -0.4 is 20.7 Å². The monoisotopic (exact) mass is 472 g/mol. The van der Waals surface area contributed by atoms with E-state index >= 15 is 0 Å². The summed E-state index contributed by atoms with van der Waals surface area (Å²) in [6, 6.07) is 22.7. The molecule has 0 saturated carbocycles. The molecule has 0 fully saturated rings. The summed E-state index contributed by atoms with van der Waals surface area (Å²) in [5.74, 6) is 0.224. The van der Waals surface area contributed by atoms with Crippen molar-refractivity contribution < 1.29 is 14.3 Å². The standard InChI is InChI=1S/C28H32N4O3/c1-3-30-17-19-35-18-16-21-8-10-22(11-9-21)20-31-26-7-5-4-6-25(26)27(29)28(33)32-23-12-14-24(34-2)15-13-23/h3-15,29-31H,1,16-20H2,2H3,(H,32,33). The number of rotatable bonds is 14. The van der Waals surface area contributed by atoms with Crippen molar-refractivity contribution in [2.45, 2.75) is 13.0 Å². The van der Waals surface area contributed by atoms with E-state index in [2.05, 4.69) is 46.8 Å². The molecular weight excluding hydrogens is 440 g/mol. The maximum atomic E-state index is 12.7. The summed E-state index contributed by atoms with van der Waals surface area (Å²) in [4.78, 5) is 12.7. The molecule has 0 spiro atoms. The minimum atomic E-state index is -0.476. The first-order valence-electron chi connectivity index (χ1n) is 11.5. The maximum absolute atomic E-state index is 12.7. The van der Waals surface area contributed by atoms with Gasteiger partial charge in [0.2, 0.25) is 0 Å². The molecule has 7 heteroatoms. The Morgan fingerprint density at radius 1 is 0.971 bits per heavy atom. The average molecular weight is 473 g/mol. The number of anilines is 2. The molecule has 7 nitrogen and oxygen atoms in total. The van der Waals surface area contributed by atoms with Crippen molar-refractivity contribution in [2.75, 3.05) is 37.5 Å². The zero-order valence-corrected chi connectivity index (χ0v) is 20.0. The quantitative estimate of drug-likeness (QED) is 0.203. The highest BCUT2D eigenvalue weighted by molar-refractivity contribution is 6.48. The molecule has 0 unspecified atom stereocenters. The van der Waals surface area contributed by atoms with Crippen LogP contribution in [0.4, 0.5) is 11.4 Å². The summed E-state index contributed by atoms with van der Waals surface area (Å²) < 4.78 is 10.7. The molecule has 0 aromatic heterocycles. The lowest BCUT2D eigenvalue weighted by atomic mass is 10.1. The first-order valence-corrected chi connectivity index (χ1v) is 11.5. The first-order chi connectivity index (χ1) is 17.1. The molecule has 3 aromatic rings. The third kappa shape index (κ3) is 8.01. The van der Waals surface area contributed by atoms with Crippen LogP contribution in [0.1, 0.15) is 16.7 Å². The molecule has 0 saturated heterocycles. The molecule has 0 aliphatic heterocycles. The lowest BCUT2D eigenvalue weighted by Crippen LogP contribution is -2.24. The van der Waals surface area contributed by atoms with E-state index in [4.69, 9.17) is 14.9 Å². The van der Waals surface area contributed by atoms with Crippen LogP contribution >= 0.6 is 0 Å². The number of carbonyl (C=O) groups excluding carboxylic acids is 1. The van der Waals surface area contributed by atoms with E-state index in [9.17, 15) is 4.79 Å². The first kappa shape index (κ1) is 25.5. The Morgan fingerprint density at radius 2 is 1.69 bits per heavy atom. The van der Waals surface area contributed by atoms with E-state index in [-0.39, 0.29) is 5.71 Å². The molecule has 3 rings (SSSR count). The van der Waals surface area contributed by atoms with Gasteiger partial charge in [0.05, 0.1) is 20.3 Å². The SMILES string of the molecule is C=CNCCOCCc1ccc(CNc2ccccc2C(=N)C(=O)Nc2ccc(OC)cc2)cc1. The summed E-state index contributed by atoms with van der Waals surface area (Å²) in [7, 11) is 1.59. The van der Waals surface area contributed by atoms with Crippen LogP contribution in [-0.4, -0.2) is 38.5 Å². The van der Waals surface area contributed by atoms with Gasteiger partial charge in [-0.25, -0.2) is 0 Å². The second kappa shape index (κ2) is 13.6. The Hall–Kier alpha value is -4.10. The predicted octanol–water partition coefficient (Wildman–Crippen LogP) is 4.61. The molecule has 1 amide bonds. The topological polar surface area (TPSA) is 95.5 Å². The van der Waals surface area contributed by atoms with Crippen LogP contribution in [0.3, 0.4) is 0 Å². The number of para-hydroxylation sites is 1. The van der Waals surface area contributed by atoms with E-state index < -0.39 is 5.91 Å². The van der Waals surface area contributed by atoms with Gasteiger partial charge in [0.15, 0.2) is 0 Å². The van der Waals surface area contributed by atoms with Gasteiger partial charge in [0, 0.05) is 30.0 Å². The number of amides is 1. The van der Waals surface area contributed by atoms with E-state index in [1.807, 2.05) is 18.2 Å². The second-order valence-electron chi connectivity index (χ2n) is 7.79. The van der Waals surface area contributed by atoms with Gasteiger partial charge in [-0.3, -0.25) is 10.2 Å². The van der Waals surface area contributed by atoms with Gasteiger partial charge in [-0.1, -0.05) is 49.0 Å². The number of benzene rings is 3. The average Bonchev–Trinajstić information content (AvgIpc) is 2.90. The van der Waals surface area contributed by atoms with Gasteiger partial charge in [-0.15, -0.1) is 0 Å². The molecule has 182 valence electrons. The minimum Gasteiger partial charge on any atom is -0.497 e. The third-order valence-electron chi connectivity index (χ3n) is 5.35. The summed E-state index contributed by atoms with van der Waals surface area (Å²) >= 11 is 0. The van der Waals surface area contributed by atoms with Crippen LogP contribution in [0.15, 0.2) is 85.6 Å². The Bertz CT molecular complexity index is 1110. The summed E-state index contributed by atoms with van der Waals surface area (Å²) in [5, 5.41) is 17.6. The molecule has 35 heavy (non-hydrogen) atoms. The van der Waals surface area contributed by atoms with Crippen LogP contribution in [0.2, 0.25) is 0 Å². The highest BCUT2D eigenvalue weighted by atomic mass is 16.5. The number of methoxy groups -OCH3 is 1. The highest BCUT2D eigenvalue weighted by Crippen LogP contribution is 2.19. The smallest absolute Gasteiger partial charge is 0.274 e. The highest BCUT2D eigenvalue weighted by Gasteiger charge is 2.15. The largest absolute Gasteiger partial charge is 0.497 e. The van der Waals surface area contributed by atoms with Crippen molar-refractivity contribution in [2.24, 2.45) is 0 Å². The van der Waals surface area contributed by atoms with Crippen LogP contribution in [0.5, 0.6) is 5.75 Å². The fourth-order valence-corrected chi connectivity index (χ4v) is 3.39. The Balaban J connectivity index is 1.53. The third-order valence-corrected chi connectivity index (χ3v) is 5.35. The molecular formula is C28H32N4O3. The Morgan fingerprint density at radius 3 is 2.40 bits per heavy atom. The minimum absolute atomic E-state index is 0.109. The van der Waals surface area contributed by atoms with Gasteiger partial charge in [0.25, 0.3) is 5.91 Å². The van der Waals surface area contributed by atoms with Gasteiger partial charge in [-0.05, 0) is 54.1 Å². The molecule has 4 N–H and O–H groups in total. The maximum Gasteiger partial charge on any atom is 0.274 e. The van der Waals surface area contributed by atoms with E-state index in [1.165, 1.54) is 5.56 Å². The zero-order valence-electron chi connectivity index (χ0n) is 20.0. The second-order valence-corrected chi connectivity index (χ2v) is 7.79. The number of ether oxygens (including phenoxy) is 2. The van der Waals surface area contributed by atoms with Crippen molar-refractivity contribution in [1.82, 2.24) is 5.32 Å². The fourth-order valence-electron chi connectivity index (χ4n) is 3.39. The number of hydrogen-bond acceptors (Lipinski definition) is 6. The Labute approximate surface area is 206 Å². The van der Waals surface area contributed by atoms with Crippen molar-refractivity contribution in [3.05, 3.63) is 102 Å². The molecule has 0 heterocycles. The van der Waals surface area contributed by atoms with E-state index in [0.29, 0.717) is 36.8 Å². The van der Waals surface area contributed by atoms with Gasteiger partial charge in [0.1, 0.15) is 11.5 Å². The van der Waals surface area contributed by atoms with Crippen LogP contribution in [0, 0.1) is 5.41 Å². The van der Waals surface area contributed by atoms with Gasteiger partial charge >= 0.3 is 0 Å². The van der Waals surface area contributed by atoms with Gasteiger partial charge < -0.3 is 25.4 Å². The molecule has 0 aliphatic rings. The van der Waals surface area contributed by atoms with Crippen molar-refractivity contribution in [3.8, 4) is 5.75 Å². The molecule has 0 radical (unpaired) electrons. The van der Waals surface area contributed by atoms with E-state index in [0.717, 1.165) is 24.2 Å². The molecule has 0 aliphatic carbocycles. The van der Waals surface area contributed by atoms with Crippen molar-refractivity contribution in [1.29, 1.82) is 5.41 Å². The fraction of sp³-hybridized carbons (Fsp3) is 0.214. The van der Waals surface area contributed by atoms with Crippen molar-refractivity contribution >= 4 is 23.0 Å². The summed E-state index contributed by atoms with van der Waals surface area (Å²) in [6.07, 6.45) is 2.51. The normalized spacial score (nSPS) is 10.3. The number of nitrogens with one attached hydrogen (secondary N) is 4. The number of hydrogen-bond donors (Lipinski definition) is 4. The van der Waals surface area contributed by atoms with E-state index in [1.54, 1.807) is 43.6 Å². The van der Waals surface area contributed by atoms with Crippen LogP contribution in [0.25, 0.3) is 0 Å². The molecule has 0 atom stereocenters. The summed E-state index contributed by atoms with van der Waals surface area (Å²) in [6.45, 7) is 6.27. The molecule has 3 aromatic carbocycles. The predicted molar refractivity (Wildman–Crippen MR) is 141 cm³/mol. The van der Waals surface area contributed by atoms with Crippen molar-refractivity contribution in [3.63, 3.8) is 0 Å². The number of carbonyl (C=O) groups is 1. The lowest BCUT2D eigenvalue weighted by Gasteiger charge is -2.14. The summed E-state index contributed by atoms with van der Waals surface area (Å²) in [5.41, 5.74) is 4.08. The lowest BCUT2D eigenvalue weighted by molar-refractivity contribution is -0.110. The van der Waals surface area contributed by atoms with Crippen LogP contribution in [-0.2, 0) is 22.5 Å².